The molecule has 1 amide bonds. The fourth-order valence-corrected chi connectivity index (χ4v) is 4.43. The molecule has 1 aliphatic carbocycles. The van der Waals surface area contributed by atoms with Gasteiger partial charge < -0.3 is 10.6 Å². The van der Waals surface area contributed by atoms with Gasteiger partial charge in [-0.15, -0.1) is 11.3 Å². The van der Waals surface area contributed by atoms with E-state index in [1.807, 2.05) is 0 Å². The van der Waals surface area contributed by atoms with Gasteiger partial charge in [0.15, 0.2) is 5.13 Å². The minimum absolute atomic E-state index is 0.0302. The zero-order valence-electron chi connectivity index (χ0n) is 12.2. The summed E-state index contributed by atoms with van der Waals surface area (Å²) in [6, 6.07) is 0.529. The van der Waals surface area contributed by atoms with Crippen LogP contribution in [-0.4, -0.2) is 23.0 Å². The molecular formula is C15H23N3OS. The highest BCUT2D eigenvalue weighted by Crippen LogP contribution is 2.33. The lowest BCUT2D eigenvalue weighted by atomic mass is 9.85. The van der Waals surface area contributed by atoms with Crippen LogP contribution in [0, 0.1) is 12.8 Å². The number of nitrogens with one attached hydrogen (secondary N) is 2. The summed E-state index contributed by atoms with van der Waals surface area (Å²) in [4.78, 5) is 18.1. The lowest BCUT2D eigenvalue weighted by molar-refractivity contribution is -0.117. The topological polar surface area (TPSA) is 54.0 Å². The highest BCUT2D eigenvalue weighted by atomic mass is 32.1. The Morgan fingerprint density at radius 2 is 2.25 bits per heavy atom. The Kier molecular flexibility index (Phi) is 4.08. The summed E-state index contributed by atoms with van der Waals surface area (Å²) in [5.74, 6) is 0.791. The second kappa shape index (κ2) is 5.82. The number of anilines is 1. The predicted molar refractivity (Wildman–Crippen MR) is 82.1 cm³/mol. The summed E-state index contributed by atoms with van der Waals surface area (Å²) in [5, 5.41) is 7.26. The number of nitrogens with zero attached hydrogens (tertiary/aromatic N) is 1. The first-order valence-corrected chi connectivity index (χ1v) is 8.52. The van der Waals surface area contributed by atoms with E-state index < -0.39 is 0 Å². The van der Waals surface area contributed by atoms with E-state index in [0.717, 1.165) is 23.7 Å². The van der Waals surface area contributed by atoms with E-state index >= 15 is 0 Å². The number of carbonyl (C=O) groups excluding carboxylic acids is 1. The molecule has 0 aromatic carbocycles. The second-order valence-electron chi connectivity index (χ2n) is 5.97. The van der Waals surface area contributed by atoms with Crippen LogP contribution in [0.3, 0.4) is 0 Å². The average Bonchev–Trinajstić information content (AvgIpc) is 3.01. The Morgan fingerprint density at radius 3 is 2.95 bits per heavy atom. The van der Waals surface area contributed by atoms with Crippen LogP contribution in [0.25, 0.3) is 0 Å². The minimum Gasteiger partial charge on any atom is -0.303 e. The Labute approximate surface area is 124 Å². The smallest absolute Gasteiger partial charge is 0.243 e. The number of hydrogen-bond acceptors (Lipinski definition) is 4. The van der Waals surface area contributed by atoms with Crippen LogP contribution in [0.4, 0.5) is 5.13 Å². The first kappa shape index (κ1) is 14.0. The maximum atomic E-state index is 12.4. The molecule has 4 nitrogen and oxygen atoms in total. The number of aryl methyl sites for hydroxylation is 2. The van der Waals surface area contributed by atoms with Gasteiger partial charge in [0, 0.05) is 10.9 Å². The first-order chi connectivity index (χ1) is 9.67. The van der Waals surface area contributed by atoms with Crippen LogP contribution in [0.1, 0.15) is 49.6 Å². The SMILES string of the molecule is CCc1nc(NC(=O)C2CC3CCCCC3N2)sc1C. The third kappa shape index (κ3) is 2.74. The van der Waals surface area contributed by atoms with E-state index in [0.29, 0.717) is 12.0 Å². The zero-order chi connectivity index (χ0) is 14.1. The van der Waals surface area contributed by atoms with Gasteiger partial charge in [-0.2, -0.15) is 0 Å². The van der Waals surface area contributed by atoms with E-state index in [9.17, 15) is 4.79 Å². The van der Waals surface area contributed by atoms with Crippen molar-refractivity contribution in [2.75, 3.05) is 5.32 Å². The van der Waals surface area contributed by atoms with E-state index in [4.69, 9.17) is 0 Å². The summed E-state index contributed by atoms with van der Waals surface area (Å²) in [6.07, 6.45) is 7.03. The number of hydrogen-bond donors (Lipinski definition) is 2. The van der Waals surface area contributed by atoms with Crippen molar-refractivity contribution in [3.8, 4) is 0 Å². The van der Waals surface area contributed by atoms with Crippen LogP contribution in [0.2, 0.25) is 0 Å². The summed E-state index contributed by atoms with van der Waals surface area (Å²) in [5.41, 5.74) is 1.10. The third-order valence-electron chi connectivity index (χ3n) is 4.64. The normalized spacial score (nSPS) is 29.2. The molecule has 1 saturated heterocycles. The van der Waals surface area contributed by atoms with E-state index in [1.165, 1.54) is 30.6 Å². The second-order valence-corrected chi connectivity index (χ2v) is 7.17. The molecule has 2 fully saturated rings. The lowest BCUT2D eigenvalue weighted by Gasteiger charge is -2.24. The Hall–Kier alpha value is -0.940. The number of rotatable bonds is 3. The molecule has 1 aromatic heterocycles. The van der Waals surface area contributed by atoms with Crippen LogP contribution in [-0.2, 0) is 11.2 Å². The van der Waals surface area contributed by atoms with Crippen LogP contribution >= 0.6 is 11.3 Å². The molecule has 2 heterocycles. The van der Waals surface area contributed by atoms with Gasteiger partial charge >= 0.3 is 0 Å². The Balaban J connectivity index is 1.61. The van der Waals surface area contributed by atoms with Crippen molar-refractivity contribution < 1.29 is 4.79 Å². The fraction of sp³-hybridized carbons (Fsp3) is 0.733. The van der Waals surface area contributed by atoms with Gasteiger partial charge in [-0.25, -0.2) is 4.98 Å². The van der Waals surface area contributed by atoms with Crippen molar-refractivity contribution in [3.05, 3.63) is 10.6 Å². The Bertz CT molecular complexity index is 485. The van der Waals surface area contributed by atoms with Gasteiger partial charge in [0.25, 0.3) is 0 Å². The van der Waals surface area contributed by atoms with Gasteiger partial charge in [-0.05, 0) is 38.5 Å². The number of amides is 1. The van der Waals surface area contributed by atoms with Crippen molar-refractivity contribution in [2.45, 2.75) is 64.5 Å². The van der Waals surface area contributed by atoms with Crippen molar-refractivity contribution >= 4 is 22.4 Å². The molecule has 1 saturated carbocycles. The predicted octanol–water partition coefficient (Wildman–Crippen LogP) is 2.87. The largest absolute Gasteiger partial charge is 0.303 e. The summed E-state index contributed by atoms with van der Waals surface area (Å²) in [7, 11) is 0. The number of thiazole rings is 1. The quantitative estimate of drug-likeness (QED) is 0.901. The monoisotopic (exact) mass is 293 g/mol. The minimum atomic E-state index is -0.0302. The van der Waals surface area contributed by atoms with Crippen molar-refractivity contribution in [2.24, 2.45) is 5.92 Å². The average molecular weight is 293 g/mol. The molecule has 2 aliphatic rings. The molecule has 5 heteroatoms. The lowest BCUT2D eigenvalue weighted by Crippen LogP contribution is -2.39. The highest BCUT2D eigenvalue weighted by molar-refractivity contribution is 7.15. The van der Waals surface area contributed by atoms with Gasteiger partial charge in [-0.3, -0.25) is 4.79 Å². The molecule has 2 N–H and O–H groups in total. The Morgan fingerprint density at radius 1 is 1.45 bits per heavy atom. The van der Waals surface area contributed by atoms with Crippen LogP contribution in [0.15, 0.2) is 0 Å². The van der Waals surface area contributed by atoms with Gasteiger partial charge in [0.1, 0.15) is 0 Å². The molecule has 0 spiro atoms. The molecule has 110 valence electrons. The molecular weight excluding hydrogens is 270 g/mol. The molecule has 1 aromatic rings. The zero-order valence-corrected chi connectivity index (χ0v) is 13.1. The van der Waals surface area contributed by atoms with Gasteiger partial charge in [0.05, 0.1) is 11.7 Å². The molecule has 3 unspecified atom stereocenters. The van der Waals surface area contributed by atoms with Crippen molar-refractivity contribution in [1.82, 2.24) is 10.3 Å². The maximum absolute atomic E-state index is 12.4. The third-order valence-corrected chi connectivity index (χ3v) is 5.57. The number of fused-ring (bicyclic) bond motifs is 1. The molecule has 0 bridgehead atoms. The molecule has 1 aliphatic heterocycles. The highest BCUT2D eigenvalue weighted by Gasteiger charge is 2.38. The van der Waals surface area contributed by atoms with Crippen LogP contribution < -0.4 is 10.6 Å². The first-order valence-electron chi connectivity index (χ1n) is 7.70. The summed E-state index contributed by atoms with van der Waals surface area (Å²) >= 11 is 1.58. The van der Waals surface area contributed by atoms with Crippen molar-refractivity contribution in [1.29, 1.82) is 0 Å². The van der Waals surface area contributed by atoms with E-state index in [-0.39, 0.29) is 11.9 Å². The van der Waals surface area contributed by atoms with Gasteiger partial charge in [-0.1, -0.05) is 19.8 Å². The molecule has 3 atom stereocenters. The maximum Gasteiger partial charge on any atom is 0.243 e. The van der Waals surface area contributed by atoms with E-state index in [1.54, 1.807) is 11.3 Å². The fourth-order valence-electron chi connectivity index (χ4n) is 3.52. The van der Waals surface area contributed by atoms with E-state index in [2.05, 4.69) is 29.5 Å². The van der Waals surface area contributed by atoms with Crippen molar-refractivity contribution in [3.63, 3.8) is 0 Å². The summed E-state index contributed by atoms with van der Waals surface area (Å²) < 4.78 is 0. The number of aromatic nitrogens is 1. The number of carbonyl (C=O) groups is 1. The van der Waals surface area contributed by atoms with Gasteiger partial charge in [0.2, 0.25) is 5.91 Å². The molecule has 0 radical (unpaired) electrons. The molecule has 20 heavy (non-hydrogen) atoms. The molecule has 3 rings (SSSR count). The van der Waals surface area contributed by atoms with Crippen LogP contribution in [0.5, 0.6) is 0 Å². The summed E-state index contributed by atoms with van der Waals surface area (Å²) in [6.45, 7) is 4.16. The standard InChI is InChI=1S/C15H23N3OS/c1-3-11-9(2)20-15(17-11)18-14(19)13-8-10-6-4-5-7-12(10)16-13/h10,12-13,16H,3-8H2,1-2H3,(H,17,18,19).